The summed E-state index contributed by atoms with van der Waals surface area (Å²) in [6, 6.07) is 14.3. The number of fused-ring (bicyclic) bond motifs is 1. The number of nitrogens with zero attached hydrogens (tertiary/aromatic N) is 4. The lowest BCUT2D eigenvalue weighted by atomic mass is 10.1. The number of ketones is 1. The third kappa shape index (κ3) is 6.19. The number of rotatable bonds is 11. The number of benzene rings is 2. The summed E-state index contributed by atoms with van der Waals surface area (Å²) in [5.41, 5.74) is 9.98. The van der Waals surface area contributed by atoms with Crippen LogP contribution >= 0.6 is 23.2 Å². The average Bonchev–Trinajstić information content (AvgIpc) is 3.41. The van der Waals surface area contributed by atoms with Gasteiger partial charge in [-0.2, -0.15) is 0 Å². The van der Waals surface area contributed by atoms with E-state index in [0.29, 0.717) is 57.2 Å². The van der Waals surface area contributed by atoms with Gasteiger partial charge in [-0.25, -0.2) is 15.0 Å². The van der Waals surface area contributed by atoms with E-state index in [2.05, 4.69) is 15.3 Å². The number of ether oxygens (including phenoxy) is 3. The number of carbonyl (C=O) groups is 1. The van der Waals surface area contributed by atoms with Crippen molar-refractivity contribution in [1.29, 1.82) is 0 Å². The molecular formula is C30H28Cl2N6O4. The van der Waals surface area contributed by atoms with Gasteiger partial charge in [0.2, 0.25) is 0 Å². The molecule has 0 spiro atoms. The SMILES string of the molecule is COc1ccc(-c2cnc(NCc3ccc(OC)cc3OC)c3nc(CC(=O)Cc4ccc(Cl)nc4N)cn23)c(Cl)c1. The van der Waals surface area contributed by atoms with Gasteiger partial charge in [-0.1, -0.05) is 29.3 Å². The van der Waals surface area contributed by atoms with Crippen LogP contribution in [0.15, 0.2) is 60.9 Å². The number of methoxy groups -OCH3 is 3. The van der Waals surface area contributed by atoms with E-state index in [-0.39, 0.29) is 29.6 Å². The molecule has 0 unspecified atom stereocenters. The van der Waals surface area contributed by atoms with E-state index >= 15 is 0 Å². The van der Waals surface area contributed by atoms with Gasteiger partial charge in [-0.05, 0) is 36.4 Å². The van der Waals surface area contributed by atoms with Crippen LogP contribution in [0.3, 0.4) is 0 Å². The molecule has 0 aliphatic heterocycles. The number of aromatic nitrogens is 4. The molecule has 3 heterocycles. The monoisotopic (exact) mass is 606 g/mol. The second-order valence-corrected chi connectivity index (χ2v) is 10.2. The third-order valence-electron chi connectivity index (χ3n) is 6.68. The number of nitrogens with one attached hydrogen (secondary N) is 1. The fraction of sp³-hybridized carbons (Fsp3) is 0.200. The largest absolute Gasteiger partial charge is 0.497 e. The van der Waals surface area contributed by atoms with Crippen molar-refractivity contribution < 1.29 is 19.0 Å². The van der Waals surface area contributed by atoms with Gasteiger partial charge in [0.05, 0.1) is 50.4 Å². The number of nitrogen functional groups attached to an aromatic ring is 1. The molecular weight excluding hydrogens is 579 g/mol. The summed E-state index contributed by atoms with van der Waals surface area (Å²) in [6.07, 6.45) is 3.70. The Bertz CT molecular complexity index is 1780. The Labute approximate surface area is 252 Å². The van der Waals surface area contributed by atoms with Crippen molar-refractivity contribution in [3.05, 3.63) is 87.9 Å². The number of halogens is 2. The Morgan fingerprint density at radius 1 is 0.929 bits per heavy atom. The van der Waals surface area contributed by atoms with Crippen LogP contribution in [-0.4, -0.2) is 46.5 Å². The number of nitrogens with two attached hydrogens (primary N) is 1. The lowest BCUT2D eigenvalue weighted by Gasteiger charge is -2.14. The molecule has 0 atom stereocenters. The summed E-state index contributed by atoms with van der Waals surface area (Å²) < 4.78 is 18.0. The first kappa shape index (κ1) is 29.0. The maximum atomic E-state index is 13.0. The van der Waals surface area contributed by atoms with Gasteiger partial charge in [0.15, 0.2) is 11.5 Å². The average molecular weight is 607 g/mol. The third-order valence-corrected chi connectivity index (χ3v) is 7.20. The Morgan fingerprint density at radius 2 is 1.67 bits per heavy atom. The zero-order chi connectivity index (χ0) is 29.8. The minimum Gasteiger partial charge on any atom is -0.497 e. The van der Waals surface area contributed by atoms with Gasteiger partial charge in [-0.3, -0.25) is 9.20 Å². The van der Waals surface area contributed by atoms with E-state index in [1.807, 2.05) is 40.9 Å². The predicted octanol–water partition coefficient (Wildman–Crippen LogP) is 5.67. The van der Waals surface area contributed by atoms with Crippen molar-refractivity contribution in [2.24, 2.45) is 0 Å². The highest BCUT2D eigenvalue weighted by Crippen LogP contribution is 2.33. The van der Waals surface area contributed by atoms with E-state index in [1.165, 1.54) is 0 Å². The number of Topliss-reactive ketones (excluding diaryl/α,β-unsaturated/α-hetero) is 1. The first-order valence-corrected chi connectivity index (χ1v) is 13.6. The molecule has 5 rings (SSSR count). The van der Waals surface area contributed by atoms with Gasteiger partial charge in [0, 0.05) is 41.9 Å². The number of hydrogen-bond donors (Lipinski definition) is 2. The summed E-state index contributed by atoms with van der Waals surface area (Å²) in [6.45, 7) is 0.405. The Kier molecular flexibility index (Phi) is 8.65. The molecule has 0 amide bonds. The van der Waals surface area contributed by atoms with Gasteiger partial charge >= 0.3 is 0 Å². The van der Waals surface area contributed by atoms with Gasteiger partial charge in [0.1, 0.15) is 34.0 Å². The highest BCUT2D eigenvalue weighted by atomic mass is 35.5. The molecule has 0 fully saturated rings. The van der Waals surface area contributed by atoms with Crippen LogP contribution in [0.1, 0.15) is 16.8 Å². The van der Waals surface area contributed by atoms with E-state index in [9.17, 15) is 4.79 Å². The van der Waals surface area contributed by atoms with Crippen molar-refractivity contribution in [2.75, 3.05) is 32.4 Å². The van der Waals surface area contributed by atoms with Crippen molar-refractivity contribution in [3.63, 3.8) is 0 Å². The predicted molar refractivity (Wildman–Crippen MR) is 163 cm³/mol. The molecule has 0 saturated carbocycles. The molecule has 0 aliphatic carbocycles. The molecule has 0 radical (unpaired) electrons. The molecule has 5 aromatic rings. The van der Waals surface area contributed by atoms with Crippen LogP contribution in [0.25, 0.3) is 16.9 Å². The summed E-state index contributed by atoms with van der Waals surface area (Å²) in [5.74, 6) is 2.66. The summed E-state index contributed by atoms with van der Waals surface area (Å²) >= 11 is 12.5. The maximum absolute atomic E-state index is 13.0. The van der Waals surface area contributed by atoms with Crippen molar-refractivity contribution >= 4 is 46.3 Å². The zero-order valence-corrected chi connectivity index (χ0v) is 24.7. The van der Waals surface area contributed by atoms with Gasteiger partial charge in [-0.15, -0.1) is 0 Å². The van der Waals surface area contributed by atoms with Crippen molar-refractivity contribution in [2.45, 2.75) is 19.4 Å². The summed E-state index contributed by atoms with van der Waals surface area (Å²) in [4.78, 5) is 26.5. The lowest BCUT2D eigenvalue weighted by molar-refractivity contribution is -0.117. The molecule has 10 nitrogen and oxygen atoms in total. The van der Waals surface area contributed by atoms with Crippen LogP contribution in [0.2, 0.25) is 10.2 Å². The minimum atomic E-state index is -0.0799. The fourth-order valence-corrected chi connectivity index (χ4v) is 4.97. The number of anilines is 2. The number of hydrogen-bond acceptors (Lipinski definition) is 9. The Morgan fingerprint density at radius 3 is 2.38 bits per heavy atom. The van der Waals surface area contributed by atoms with E-state index in [4.69, 9.17) is 48.1 Å². The highest BCUT2D eigenvalue weighted by Gasteiger charge is 2.18. The van der Waals surface area contributed by atoms with E-state index in [0.717, 1.165) is 11.1 Å². The first-order chi connectivity index (χ1) is 20.3. The topological polar surface area (TPSA) is 126 Å². The van der Waals surface area contributed by atoms with Crippen molar-refractivity contribution in [1.82, 2.24) is 19.4 Å². The molecule has 2 aromatic carbocycles. The number of pyridine rings is 1. The highest BCUT2D eigenvalue weighted by molar-refractivity contribution is 6.33. The smallest absolute Gasteiger partial charge is 0.180 e. The number of imidazole rings is 1. The molecule has 42 heavy (non-hydrogen) atoms. The van der Waals surface area contributed by atoms with Gasteiger partial charge < -0.3 is 25.3 Å². The fourth-order valence-electron chi connectivity index (χ4n) is 4.55. The first-order valence-electron chi connectivity index (χ1n) is 12.9. The molecule has 0 bridgehead atoms. The van der Waals surface area contributed by atoms with Crippen LogP contribution < -0.4 is 25.3 Å². The van der Waals surface area contributed by atoms with Crippen LogP contribution in [-0.2, 0) is 24.2 Å². The molecule has 216 valence electrons. The standard InChI is InChI=1S/C30H28Cl2N6O4/c1-40-21-7-8-23(24(31)12-21)25-15-35-29(34-14-18-4-6-22(41-2)13-26(18)42-3)30-36-19(16-38(25)30)11-20(39)10-17-5-9-27(32)37-28(17)33/h4-9,12-13,15-16H,10-11,14H2,1-3H3,(H2,33,37)(H,34,35). The molecule has 12 heteroatoms. The van der Waals surface area contributed by atoms with Crippen LogP contribution in [0.5, 0.6) is 17.2 Å². The molecule has 3 aromatic heterocycles. The Hall–Kier alpha value is -4.54. The van der Waals surface area contributed by atoms with Crippen LogP contribution in [0.4, 0.5) is 11.6 Å². The Balaban J connectivity index is 1.49. The molecule has 0 saturated heterocycles. The van der Waals surface area contributed by atoms with Gasteiger partial charge in [0.25, 0.3) is 0 Å². The summed E-state index contributed by atoms with van der Waals surface area (Å²) in [7, 11) is 4.79. The molecule has 3 N–H and O–H groups in total. The van der Waals surface area contributed by atoms with E-state index in [1.54, 1.807) is 45.7 Å². The lowest BCUT2D eigenvalue weighted by Crippen LogP contribution is -2.09. The normalized spacial score (nSPS) is 11.0. The molecule has 0 aliphatic rings. The summed E-state index contributed by atoms with van der Waals surface area (Å²) in [5, 5.41) is 4.11. The second kappa shape index (κ2) is 12.5. The minimum absolute atomic E-state index is 0.0747. The number of carbonyl (C=O) groups excluding carboxylic acids is 1. The maximum Gasteiger partial charge on any atom is 0.180 e. The van der Waals surface area contributed by atoms with E-state index < -0.39 is 0 Å². The quantitative estimate of drug-likeness (QED) is 0.183. The second-order valence-electron chi connectivity index (χ2n) is 9.37. The van der Waals surface area contributed by atoms with Crippen molar-refractivity contribution in [3.8, 4) is 28.5 Å². The van der Waals surface area contributed by atoms with Crippen LogP contribution in [0, 0.1) is 0 Å². The zero-order valence-electron chi connectivity index (χ0n) is 23.1.